The van der Waals surface area contributed by atoms with Gasteiger partial charge in [0.2, 0.25) is 0 Å². The quantitative estimate of drug-likeness (QED) is 0.472. The van der Waals surface area contributed by atoms with E-state index in [4.69, 9.17) is 26.8 Å². The number of nitrogens with two attached hydrogens (primary N) is 1. The number of esters is 1. The molecule has 3 saturated heterocycles. The number of carbonyl (C=O) groups excluding carboxylic acids is 1. The number of halogens is 1. The molecule has 5 nitrogen and oxygen atoms in total. The first-order valence-corrected chi connectivity index (χ1v) is 9.99. The summed E-state index contributed by atoms with van der Waals surface area (Å²) in [5.41, 5.74) is 6.60. The zero-order valence-electron chi connectivity index (χ0n) is 13.8. The standard InChI is InChI=1S/C17H23ClN2O3S/c1-24-7-6-22-15-9-14(19)13(18)8-12(15)17(21)23-16-10-20-4-2-11(16)3-5-20/h8-9,11,16H,2-7,10,19H2,1H3. The topological polar surface area (TPSA) is 64.8 Å². The third kappa shape index (κ3) is 3.92. The van der Waals surface area contributed by atoms with E-state index in [2.05, 4.69) is 4.90 Å². The number of thioether (sulfide) groups is 1. The summed E-state index contributed by atoms with van der Waals surface area (Å²) >= 11 is 7.77. The fraction of sp³-hybridized carbons (Fsp3) is 0.588. The first-order chi connectivity index (χ1) is 11.6. The highest BCUT2D eigenvalue weighted by atomic mass is 35.5. The summed E-state index contributed by atoms with van der Waals surface area (Å²) in [5, 5.41) is 0.341. The van der Waals surface area contributed by atoms with Crippen molar-refractivity contribution in [2.75, 3.05) is 44.0 Å². The molecule has 2 bridgehead atoms. The molecule has 2 N–H and O–H groups in total. The summed E-state index contributed by atoms with van der Waals surface area (Å²) in [6.07, 6.45) is 4.15. The molecule has 0 aliphatic carbocycles. The van der Waals surface area contributed by atoms with Gasteiger partial charge in [-0.3, -0.25) is 4.90 Å². The van der Waals surface area contributed by atoms with Crippen molar-refractivity contribution in [2.24, 2.45) is 5.92 Å². The molecule has 4 rings (SSSR count). The van der Waals surface area contributed by atoms with Crippen LogP contribution in [0.25, 0.3) is 0 Å². The Hall–Kier alpha value is -1.11. The van der Waals surface area contributed by atoms with Gasteiger partial charge in [0, 0.05) is 18.4 Å². The van der Waals surface area contributed by atoms with Gasteiger partial charge in [0.25, 0.3) is 0 Å². The minimum absolute atomic E-state index is 0.0459. The zero-order chi connectivity index (χ0) is 17.1. The summed E-state index contributed by atoms with van der Waals surface area (Å²) in [7, 11) is 0. The number of fused-ring (bicyclic) bond motifs is 3. The smallest absolute Gasteiger partial charge is 0.342 e. The molecule has 0 spiro atoms. The van der Waals surface area contributed by atoms with Crippen LogP contribution in [0.1, 0.15) is 23.2 Å². The number of rotatable bonds is 6. The summed E-state index contributed by atoms with van der Waals surface area (Å²) in [4.78, 5) is 15.0. The van der Waals surface area contributed by atoms with Gasteiger partial charge in [0.05, 0.1) is 17.3 Å². The highest BCUT2D eigenvalue weighted by Crippen LogP contribution is 2.33. The molecule has 1 aromatic rings. The van der Waals surface area contributed by atoms with Gasteiger partial charge in [-0.25, -0.2) is 4.79 Å². The SMILES string of the molecule is CSCCOc1cc(N)c(Cl)cc1C(=O)OC1CN2CCC1CC2. The largest absolute Gasteiger partial charge is 0.492 e. The Morgan fingerprint density at radius 1 is 1.42 bits per heavy atom. The molecular weight excluding hydrogens is 348 g/mol. The van der Waals surface area contributed by atoms with Crippen LogP contribution in [0, 0.1) is 5.92 Å². The molecule has 3 aliphatic rings. The van der Waals surface area contributed by atoms with E-state index in [0.717, 1.165) is 38.2 Å². The van der Waals surface area contributed by atoms with Crippen LogP contribution in [0.15, 0.2) is 12.1 Å². The monoisotopic (exact) mass is 370 g/mol. The fourth-order valence-corrected chi connectivity index (χ4v) is 3.74. The maximum Gasteiger partial charge on any atom is 0.342 e. The van der Waals surface area contributed by atoms with Crippen LogP contribution in [0.2, 0.25) is 5.02 Å². The molecule has 0 aromatic heterocycles. The lowest BCUT2D eigenvalue weighted by Gasteiger charge is -2.43. The Morgan fingerprint density at radius 2 is 2.17 bits per heavy atom. The third-order valence-corrected chi connectivity index (χ3v) is 5.62. The summed E-state index contributed by atoms with van der Waals surface area (Å²) in [5.74, 6) is 1.35. The maximum atomic E-state index is 12.7. The molecule has 1 aromatic carbocycles. The number of anilines is 1. The Labute approximate surface area is 151 Å². The van der Waals surface area contributed by atoms with Gasteiger partial charge in [-0.15, -0.1) is 0 Å². The third-order valence-electron chi connectivity index (χ3n) is 4.72. The average Bonchev–Trinajstić information content (AvgIpc) is 2.59. The van der Waals surface area contributed by atoms with Crippen molar-refractivity contribution in [2.45, 2.75) is 18.9 Å². The van der Waals surface area contributed by atoms with E-state index >= 15 is 0 Å². The second kappa shape index (κ2) is 7.85. The lowest BCUT2D eigenvalue weighted by molar-refractivity contribution is -0.0457. The second-order valence-electron chi connectivity index (χ2n) is 6.29. The average molecular weight is 371 g/mol. The zero-order valence-corrected chi connectivity index (χ0v) is 15.4. The predicted molar refractivity (Wildman–Crippen MR) is 98.1 cm³/mol. The Bertz CT molecular complexity index is 606. The van der Waals surface area contributed by atoms with Crippen LogP contribution < -0.4 is 10.5 Å². The normalized spacial score (nSPS) is 25.5. The van der Waals surface area contributed by atoms with E-state index in [9.17, 15) is 4.79 Å². The molecule has 0 radical (unpaired) electrons. The van der Waals surface area contributed by atoms with Gasteiger partial charge in [0.15, 0.2) is 0 Å². The van der Waals surface area contributed by atoms with Crippen molar-refractivity contribution >= 4 is 35.0 Å². The Morgan fingerprint density at radius 3 is 2.79 bits per heavy atom. The van der Waals surface area contributed by atoms with Gasteiger partial charge in [-0.2, -0.15) is 11.8 Å². The van der Waals surface area contributed by atoms with Crippen LogP contribution >= 0.6 is 23.4 Å². The molecule has 1 atom stereocenters. The van der Waals surface area contributed by atoms with Crippen LogP contribution in [0.4, 0.5) is 5.69 Å². The molecule has 3 fully saturated rings. The molecule has 3 aliphatic heterocycles. The molecule has 24 heavy (non-hydrogen) atoms. The number of hydrogen-bond donors (Lipinski definition) is 1. The predicted octanol–water partition coefficient (Wildman–Crippen LogP) is 2.92. The summed E-state index contributed by atoms with van der Waals surface area (Å²) < 4.78 is 11.5. The van der Waals surface area contributed by atoms with E-state index in [1.165, 1.54) is 0 Å². The van der Waals surface area contributed by atoms with Crippen molar-refractivity contribution in [1.82, 2.24) is 4.90 Å². The van der Waals surface area contributed by atoms with Crippen molar-refractivity contribution in [3.8, 4) is 5.75 Å². The molecular formula is C17H23ClN2O3S. The lowest BCUT2D eigenvalue weighted by Crippen LogP contribution is -2.51. The van der Waals surface area contributed by atoms with E-state index in [1.807, 2.05) is 6.26 Å². The van der Waals surface area contributed by atoms with E-state index < -0.39 is 0 Å². The number of hydrogen-bond acceptors (Lipinski definition) is 6. The van der Waals surface area contributed by atoms with Crippen LogP contribution in [0.5, 0.6) is 5.75 Å². The highest BCUT2D eigenvalue weighted by molar-refractivity contribution is 7.98. The van der Waals surface area contributed by atoms with Crippen LogP contribution in [0.3, 0.4) is 0 Å². The number of nitrogen functional groups attached to an aromatic ring is 1. The number of benzene rings is 1. The fourth-order valence-electron chi connectivity index (χ4n) is 3.33. The molecule has 132 valence electrons. The van der Waals surface area contributed by atoms with Crippen molar-refractivity contribution in [1.29, 1.82) is 0 Å². The molecule has 0 amide bonds. The highest BCUT2D eigenvalue weighted by Gasteiger charge is 2.37. The molecule has 7 heteroatoms. The van der Waals surface area contributed by atoms with E-state index in [1.54, 1.807) is 23.9 Å². The van der Waals surface area contributed by atoms with Crippen LogP contribution in [-0.4, -0.2) is 55.2 Å². The summed E-state index contributed by atoms with van der Waals surface area (Å²) in [6, 6.07) is 3.16. The maximum absolute atomic E-state index is 12.7. The van der Waals surface area contributed by atoms with Gasteiger partial charge in [-0.05, 0) is 44.2 Å². The minimum Gasteiger partial charge on any atom is -0.492 e. The van der Waals surface area contributed by atoms with Gasteiger partial charge in [0.1, 0.15) is 17.4 Å². The summed E-state index contributed by atoms with van der Waals surface area (Å²) in [6.45, 7) is 3.54. The van der Waals surface area contributed by atoms with Gasteiger partial charge in [-0.1, -0.05) is 11.6 Å². The first-order valence-electron chi connectivity index (χ1n) is 8.22. The Kier molecular flexibility index (Phi) is 5.79. The van der Waals surface area contributed by atoms with Crippen molar-refractivity contribution in [3.05, 3.63) is 22.7 Å². The van der Waals surface area contributed by atoms with Crippen molar-refractivity contribution in [3.63, 3.8) is 0 Å². The van der Waals surface area contributed by atoms with Gasteiger partial charge < -0.3 is 15.2 Å². The van der Waals surface area contributed by atoms with Crippen LogP contribution in [-0.2, 0) is 4.74 Å². The number of ether oxygens (including phenoxy) is 2. The second-order valence-corrected chi connectivity index (χ2v) is 7.69. The number of piperidine rings is 3. The number of nitrogens with zero attached hydrogens (tertiary/aromatic N) is 1. The minimum atomic E-state index is -0.380. The van der Waals surface area contributed by atoms with E-state index in [0.29, 0.717) is 34.5 Å². The lowest BCUT2D eigenvalue weighted by atomic mass is 9.86. The molecule has 3 heterocycles. The molecule has 1 unspecified atom stereocenters. The molecule has 0 saturated carbocycles. The van der Waals surface area contributed by atoms with Crippen molar-refractivity contribution < 1.29 is 14.3 Å². The first kappa shape index (κ1) is 17.7. The number of carbonyl (C=O) groups is 1. The Balaban J connectivity index is 1.74. The van der Waals surface area contributed by atoms with E-state index in [-0.39, 0.29) is 12.1 Å². The van der Waals surface area contributed by atoms with Gasteiger partial charge >= 0.3 is 5.97 Å².